The Morgan fingerprint density at radius 2 is 2.26 bits per heavy atom. The van der Waals surface area contributed by atoms with Gasteiger partial charge in [-0.25, -0.2) is 0 Å². The molecule has 0 spiro atoms. The lowest BCUT2D eigenvalue weighted by Gasteiger charge is -2.30. The zero-order valence-corrected chi connectivity index (χ0v) is 12.0. The monoisotopic (exact) mass is 268 g/mol. The lowest BCUT2D eigenvalue weighted by atomic mass is 10.0. The molecular formula is C13H24N4O2. The van der Waals surface area contributed by atoms with E-state index < -0.39 is 0 Å². The fourth-order valence-corrected chi connectivity index (χ4v) is 2.25. The van der Waals surface area contributed by atoms with Crippen LogP contribution in [0.15, 0.2) is 4.52 Å². The third-order valence-electron chi connectivity index (χ3n) is 3.85. The van der Waals surface area contributed by atoms with Crippen LogP contribution in [0.25, 0.3) is 0 Å². The molecule has 0 radical (unpaired) electrons. The number of nitrogens with two attached hydrogens (primary N) is 1. The normalized spacial score (nSPS) is 24.3. The molecule has 3 atom stereocenters. The third kappa shape index (κ3) is 3.32. The van der Waals surface area contributed by atoms with E-state index in [0.29, 0.717) is 18.3 Å². The van der Waals surface area contributed by atoms with E-state index in [1.807, 2.05) is 6.92 Å². The average Bonchev–Trinajstić information content (AvgIpc) is 2.95. The number of aromatic nitrogens is 2. The molecule has 2 heterocycles. The Balaban J connectivity index is 2.04. The van der Waals surface area contributed by atoms with Crippen LogP contribution in [0, 0.1) is 0 Å². The first-order valence-corrected chi connectivity index (χ1v) is 7.08. The molecule has 2 N–H and O–H groups in total. The highest BCUT2D eigenvalue weighted by molar-refractivity contribution is 4.99. The van der Waals surface area contributed by atoms with E-state index in [2.05, 4.69) is 28.9 Å². The molecular weight excluding hydrogens is 244 g/mol. The van der Waals surface area contributed by atoms with Crippen molar-refractivity contribution in [1.82, 2.24) is 15.0 Å². The Morgan fingerprint density at radius 1 is 1.47 bits per heavy atom. The molecule has 1 aliphatic heterocycles. The van der Waals surface area contributed by atoms with Crippen LogP contribution < -0.4 is 5.73 Å². The number of morpholine rings is 1. The largest absolute Gasteiger partial charge is 0.367 e. The van der Waals surface area contributed by atoms with Gasteiger partial charge in [0.05, 0.1) is 12.5 Å². The highest BCUT2D eigenvalue weighted by Crippen LogP contribution is 2.23. The molecule has 0 amide bonds. The molecule has 1 fully saturated rings. The Hall–Kier alpha value is -0.980. The smallest absolute Gasteiger partial charge is 0.231 e. The molecule has 1 aromatic heterocycles. The van der Waals surface area contributed by atoms with Gasteiger partial charge in [0.1, 0.15) is 6.10 Å². The highest BCUT2D eigenvalue weighted by Gasteiger charge is 2.27. The van der Waals surface area contributed by atoms with Crippen molar-refractivity contribution < 1.29 is 9.26 Å². The second-order valence-corrected chi connectivity index (χ2v) is 5.10. The second-order valence-electron chi connectivity index (χ2n) is 5.10. The van der Waals surface area contributed by atoms with E-state index >= 15 is 0 Å². The van der Waals surface area contributed by atoms with Crippen LogP contribution in [0.1, 0.15) is 50.9 Å². The van der Waals surface area contributed by atoms with Crippen LogP contribution in [0.5, 0.6) is 0 Å². The molecule has 0 saturated carbocycles. The summed E-state index contributed by atoms with van der Waals surface area (Å²) in [5.41, 5.74) is 6.01. The topological polar surface area (TPSA) is 77.4 Å². The van der Waals surface area contributed by atoms with Gasteiger partial charge in [0.15, 0.2) is 0 Å². The summed E-state index contributed by atoms with van der Waals surface area (Å²) in [6.45, 7) is 9.74. The van der Waals surface area contributed by atoms with Crippen molar-refractivity contribution >= 4 is 0 Å². The summed E-state index contributed by atoms with van der Waals surface area (Å²) in [4.78, 5) is 6.79. The van der Waals surface area contributed by atoms with Crippen LogP contribution in [-0.2, 0) is 4.74 Å². The van der Waals surface area contributed by atoms with Crippen molar-refractivity contribution in [2.75, 3.05) is 26.2 Å². The molecule has 1 aliphatic rings. The van der Waals surface area contributed by atoms with Gasteiger partial charge in [-0.05, 0) is 13.0 Å². The molecule has 6 nitrogen and oxygen atoms in total. The molecule has 108 valence electrons. The summed E-state index contributed by atoms with van der Waals surface area (Å²) in [6, 6.07) is 0.0488. The van der Waals surface area contributed by atoms with E-state index in [1.165, 1.54) is 0 Å². The molecule has 1 aromatic rings. The van der Waals surface area contributed by atoms with Crippen molar-refractivity contribution in [1.29, 1.82) is 0 Å². The van der Waals surface area contributed by atoms with E-state index in [0.717, 1.165) is 26.1 Å². The van der Waals surface area contributed by atoms with E-state index in [1.54, 1.807) is 0 Å². The SMILES string of the molecule is CCC(N)C(C)c1nc(C2CN(CC)CCO2)no1. The zero-order chi connectivity index (χ0) is 13.8. The number of likely N-dealkylation sites (N-methyl/N-ethyl adjacent to an activating group) is 1. The summed E-state index contributed by atoms with van der Waals surface area (Å²) in [5.74, 6) is 1.34. The highest BCUT2D eigenvalue weighted by atomic mass is 16.5. The Bertz CT molecular complexity index is 396. The minimum atomic E-state index is -0.0868. The first-order chi connectivity index (χ1) is 9.15. The van der Waals surface area contributed by atoms with Gasteiger partial charge in [0, 0.05) is 19.1 Å². The Kier molecular flexibility index (Phi) is 4.90. The molecule has 0 bridgehead atoms. The van der Waals surface area contributed by atoms with Crippen LogP contribution >= 0.6 is 0 Å². The minimum Gasteiger partial charge on any atom is -0.367 e. The lowest BCUT2D eigenvalue weighted by molar-refractivity contribution is -0.0334. The molecule has 1 saturated heterocycles. The summed E-state index contributed by atoms with van der Waals surface area (Å²) in [6.07, 6.45) is 0.804. The van der Waals surface area contributed by atoms with E-state index in [-0.39, 0.29) is 18.1 Å². The molecule has 19 heavy (non-hydrogen) atoms. The summed E-state index contributed by atoms with van der Waals surface area (Å²) in [5, 5.41) is 4.05. The van der Waals surface area contributed by atoms with Crippen molar-refractivity contribution in [3.8, 4) is 0 Å². The first-order valence-electron chi connectivity index (χ1n) is 7.08. The van der Waals surface area contributed by atoms with Gasteiger partial charge in [-0.1, -0.05) is 25.9 Å². The van der Waals surface area contributed by atoms with Gasteiger partial charge >= 0.3 is 0 Å². The zero-order valence-electron chi connectivity index (χ0n) is 12.0. The molecule has 3 unspecified atom stereocenters. The Morgan fingerprint density at radius 3 is 2.95 bits per heavy atom. The van der Waals surface area contributed by atoms with E-state index in [4.69, 9.17) is 15.0 Å². The maximum absolute atomic E-state index is 6.01. The van der Waals surface area contributed by atoms with Crippen LogP contribution in [0.2, 0.25) is 0 Å². The number of rotatable bonds is 5. The predicted molar refractivity (Wildman–Crippen MR) is 71.8 cm³/mol. The molecule has 6 heteroatoms. The first kappa shape index (κ1) is 14.4. The quantitative estimate of drug-likeness (QED) is 0.867. The standard InChI is InChI=1S/C13H24N4O2/c1-4-10(14)9(3)13-15-12(16-19-13)11-8-17(5-2)6-7-18-11/h9-11H,4-8,14H2,1-3H3. The van der Waals surface area contributed by atoms with Crippen LogP contribution in [0.3, 0.4) is 0 Å². The van der Waals surface area contributed by atoms with Gasteiger partial charge in [-0.3, -0.25) is 4.90 Å². The van der Waals surface area contributed by atoms with Gasteiger partial charge in [0.2, 0.25) is 11.7 Å². The molecule has 0 aromatic carbocycles. The Labute approximate surface area is 114 Å². The fraction of sp³-hybridized carbons (Fsp3) is 0.846. The van der Waals surface area contributed by atoms with Gasteiger partial charge in [-0.2, -0.15) is 4.98 Å². The number of hydrogen-bond donors (Lipinski definition) is 1. The predicted octanol–water partition coefficient (Wildman–Crippen LogP) is 1.30. The lowest BCUT2D eigenvalue weighted by Crippen LogP contribution is -2.38. The second kappa shape index (κ2) is 6.45. The van der Waals surface area contributed by atoms with Gasteiger partial charge in [-0.15, -0.1) is 0 Å². The van der Waals surface area contributed by atoms with Crippen molar-refractivity contribution in [3.63, 3.8) is 0 Å². The molecule has 2 rings (SSSR count). The molecule has 0 aliphatic carbocycles. The number of nitrogens with zero attached hydrogens (tertiary/aromatic N) is 3. The number of ether oxygens (including phenoxy) is 1. The van der Waals surface area contributed by atoms with Gasteiger partial charge < -0.3 is 15.0 Å². The maximum atomic E-state index is 6.01. The number of hydrogen-bond acceptors (Lipinski definition) is 6. The summed E-state index contributed by atoms with van der Waals surface area (Å²) >= 11 is 0. The average molecular weight is 268 g/mol. The van der Waals surface area contributed by atoms with Crippen molar-refractivity contribution in [3.05, 3.63) is 11.7 Å². The van der Waals surface area contributed by atoms with Crippen molar-refractivity contribution in [2.24, 2.45) is 5.73 Å². The fourth-order valence-electron chi connectivity index (χ4n) is 2.25. The van der Waals surface area contributed by atoms with Crippen LogP contribution in [-0.4, -0.2) is 47.3 Å². The minimum absolute atomic E-state index is 0.0488. The van der Waals surface area contributed by atoms with E-state index in [9.17, 15) is 0 Å². The summed E-state index contributed by atoms with van der Waals surface area (Å²) in [7, 11) is 0. The van der Waals surface area contributed by atoms with Crippen molar-refractivity contribution in [2.45, 2.75) is 45.3 Å². The summed E-state index contributed by atoms with van der Waals surface area (Å²) < 4.78 is 11.0. The maximum Gasteiger partial charge on any atom is 0.231 e. The van der Waals surface area contributed by atoms with Crippen LogP contribution in [0.4, 0.5) is 0 Å². The third-order valence-corrected chi connectivity index (χ3v) is 3.85. The van der Waals surface area contributed by atoms with Gasteiger partial charge in [0.25, 0.3) is 0 Å².